The van der Waals surface area contributed by atoms with Crippen LogP contribution in [0, 0.1) is 12.8 Å². The number of thioether (sulfide) groups is 1. The Morgan fingerprint density at radius 1 is 1.31 bits per heavy atom. The van der Waals surface area contributed by atoms with Crippen LogP contribution in [0.1, 0.15) is 25.8 Å². The summed E-state index contributed by atoms with van der Waals surface area (Å²) >= 11 is 1.37. The first-order valence-corrected chi connectivity index (χ1v) is 9.61. The van der Waals surface area contributed by atoms with E-state index >= 15 is 0 Å². The zero-order valence-electron chi connectivity index (χ0n) is 15.2. The number of carbonyl (C=O) groups is 2. The Morgan fingerprint density at radius 2 is 2.12 bits per heavy atom. The molecule has 6 heteroatoms. The molecule has 1 aliphatic rings. The summed E-state index contributed by atoms with van der Waals surface area (Å²) in [5.41, 5.74) is 2.67. The van der Waals surface area contributed by atoms with E-state index < -0.39 is 5.25 Å². The number of carbonyl (C=O) groups excluding carboxylic acids is 2. The third-order valence-electron chi connectivity index (χ3n) is 4.06. The van der Waals surface area contributed by atoms with Crippen LogP contribution in [-0.4, -0.2) is 28.6 Å². The molecule has 136 valence electrons. The third-order valence-corrected chi connectivity index (χ3v) is 5.25. The summed E-state index contributed by atoms with van der Waals surface area (Å²) in [7, 11) is 0. The molecule has 0 unspecified atom stereocenters. The minimum Gasteiger partial charge on any atom is -0.326 e. The summed E-state index contributed by atoms with van der Waals surface area (Å²) in [6.45, 7) is 6.74. The molecule has 1 aromatic carbocycles. The van der Waals surface area contributed by atoms with E-state index in [9.17, 15) is 9.59 Å². The number of nitrogens with zero attached hydrogens (tertiary/aromatic N) is 2. The maximum Gasteiger partial charge on any atom is 0.241 e. The fourth-order valence-corrected chi connectivity index (χ4v) is 4.09. The van der Waals surface area contributed by atoms with Crippen LogP contribution in [0.25, 0.3) is 0 Å². The number of pyridine rings is 1. The largest absolute Gasteiger partial charge is 0.326 e. The van der Waals surface area contributed by atoms with Crippen molar-refractivity contribution in [1.29, 1.82) is 0 Å². The number of aromatic nitrogens is 1. The maximum atomic E-state index is 13.0. The first-order valence-electron chi connectivity index (χ1n) is 8.73. The Labute approximate surface area is 158 Å². The van der Waals surface area contributed by atoms with Crippen molar-refractivity contribution in [2.24, 2.45) is 5.92 Å². The number of rotatable bonds is 5. The topological polar surface area (TPSA) is 62.3 Å². The first-order chi connectivity index (χ1) is 12.4. The third kappa shape index (κ3) is 4.25. The average Bonchev–Trinajstić information content (AvgIpc) is 2.58. The van der Waals surface area contributed by atoms with E-state index in [4.69, 9.17) is 0 Å². The second-order valence-corrected chi connectivity index (χ2v) is 8.09. The van der Waals surface area contributed by atoms with Gasteiger partial charge in [0.2, 0.25) is 11.8 Å². The van der Waals surface area contributed by atoms with Crippen molar-refractivity contribution in [2.45, 2.75) is 37.5 Å². The van der Waals surface area contributed by atoms with Crippen LogP contribution in [0.2, 0.25) is 0 Å². The van der Waals surface area contributed by atoms with Gasteiger partial charge in [-0.15, -0.1) is 0 Å². The van der Waals surface area contributed by atoms with Crippen molar-refractivity contribution in [2.75, 3.05) is 16.8 Å². The molecule has 2 heterocycles. The van der Waals surface area contributed by atoms with Gasteiger partial charge in [-0.05, 0) is 42.7 Å². The van der Waals surface area contributed by atoms with Crippen molar-refractivity contribution in [1.82, 2.24) is 4.98 Å². The van der Waals surface area contributed by atoms with Gasteiger partial charge in [0.15, 0.2) is 0 Å². The van der Waals surface area contributed by atoms with Crippen molar-refractivity contribution in [3.8, 4) is 0 Å². The zero-order chi connectivity index (χ0) is 18.7. The molecule has 0 spiro atoms. The Kier molecular flexibility index (Phi) is 5.61. The molecule has 1 aromatic heterocycles. The number of anilines is 2. The summed E-state index contributed by atoms with van der Waals surface area (Å²) in [6.07, 6.45) is 1.85. The number of hydrogen-bond acceptors (Lipinski definition) is 4. The van der Waals surface area contributed by atoms with Crippen molar-refractivity contribution in [3.05, 3.63) is 48.2 Å². The van der Waals surface area contributed by atoms with Crippen LogP contribution in [0.5, 0.6) is 0 Å². The van der Waals surface area contributed by atoms with Gasteiger partial charge in [-0.2, -0.15) is 0 Å². The Hall–Kier alpha value is -2.34. The van der Waals surface area contributed by atoms with Gasteiger partial charge in [-0.1, -0.05) is 37.7 Å². The lowest BCUT2D eigenvalue weighted by molar-refractivity contribution is -0.122. The molecule has 0 fully saturated rings. The SMILES string of the molecule is Cc1cccc(NC(=O)C[C@@H]2Sc3ncccc3N(CC(C)C)C2=O)c1. The fraction of sp³-hybridized carbons (Fsp3) is 0.350. The van der Waals surface area contributed by atoms with Gasteiger partial charge in [0.25, 0.3) is 0 Å². The molecule has 1 N–H and O–H groups in total. The minimum atomic E-state index is -0.457. The van der Waals surface area contributed by atoms with E-state index in [1.807, 2.05) is 43.3 Å². The van der Waals surface area contributed by atoms with Crippen molar-refractivity contribution in [3.63, 3.8) is 0 Å². The van der Waals surface area contributed by atoms with E-state index in [2.05, 4.69) is 24.1 Å². The molecule has 1 aliphatic heterocycles. The molecule has 0 radical (unpaired) electrons. The highest BCUT2D eigenvalue weighted by atomic mass is 32.2. The monoisotopic (exact) mass is 369 g/mol. The van der Waals surface area contributed by atoms with Crippen LogP contribution in [0.3, 0.4) is 0 Å². The second kappa shape index (κ2) is 7.91. The molecular formula is C20H23N3O2S. The van der Waals surface area contributed by atoms with Crippen molar-refractivity contribution < 1.29 is 9.59 Å². The Morgan fingerprint density at radius 3 is 2.85 bits per heavy atom. The molecule has 2 aromatic rings. The molecule has 1 atom stereocenters. The highest BCUT2D eigenvalue weighted by molar-refractivity contribution is 8.00. The summed E-state index contributed by atoms with van der Waals surface area (Å²) in [5.74, 6) is 0.144. The highest BCUT2D eigenvalue weighted by Gasteiger charge is 2.35. The minimum absolute atomic E-state index is 0.0245. The fourth-order valence-electron chi connectivity index (χ4n) is 2.94. The average molecular weight is 369 g/mol. The molecule has 3 rings (SSSR count). The number of aryl methyl sites for hydroxylation is 1. The van der Waals surface area contributed by atoms with Gasteiger partial charge in [0.1, 0.15) is 5.03 Å². The predicted molar refractivity (Wildman–Crippen MR) is 105 cm³/mol. The zero-order valence-corrected chi connectivity index (χ0v) is 16.0. The number of benzene rings is 1. The normalized spacial score (nSPS) is 16.5. The number of nitrogens with one attached hydrogen (secondary N) is 1. The summed E-state index contributed by atoms with van der Waals surface area (Å²) in [6, 6.07) is 11.4. The van der Waals surface area contributed by atoms with Crippen LogP contribution in [0.15, 0.2) is 47.6 Å². The Balaban J connectivity index is 1.75. The van der Waals surface area contributed by atoms with Gasteiger partial charge >= 0.3 is 0 Å². The predicted octanol–water partition coefficient (Wildman–Crippen LogP) is 3.88. The van der Waals surface area contributed by atoms with Gasteiger partial charge in [0.05, 0.1) is 10.9 Å². The Bertz CT molecular complexity index is 822. The molecule has 26 heavy (non-hydrogen) atoms. The van der Waals surface area contributed by atoms with Crippen LogP contribution < -0.4 is 10.2 Å². The standard InChI is InChI=1S/C20H23N3O2S/c1-13(2)12-23-16-8-5-9-21-19(16)26-17(20(23)25)11-18(24)22-15-7-4-6-14(3)10-15/h4-10,13,17H,11-12H2,1-3H3,(H,22,24)/t17-/m0/s1. The van der Waals surface area contributed by atoms with Gasteiger partial charge in [-0.25, -0.2) is 4.98 Å². The van der Waals surface area contributed by atoms with E-state index in [0.717, 1.165) is 22.0 Å². The van der Waals surface area contributed by atoms with Gasteiger partial charge in [-0.3, -0.25) is 9.59 Å². The highest BCUT2D eigenvalue weighted by Crippen LogP contribution is 2.39. The lowest BCUT2D eigenvalue weighted by Gasteiger charge is -2.33. The number of amides is 2. The molecule has 2 amide bonds. The van der Waals surface area contributed by atoms with Crippen LogP contribution >= 0.6 is 11.8 Å². The molecule has 0 aliphatic carbocycles. The molecule has 0 saturated heterocycles. The summed E-state index contributed by atoms with van der Waals surface area (Å²) in [5, 5.41) is 3.24. The molecule has 0 bridgehead atoms. The smallest absolute Gasteiger partial charge is 0.241 e. The van der Waals surface area contributed by atoms with Crippen LogP contribution in [-0.2, 0) is 9.59 Å². The second-order valence-electron chi connectivity index (χ2n) is 6.90. The summed E-state index contributed by atoms with van der Waals surface area (Å²) in [4.78, 5) is 31.6. The van der Waals surface area contributed by atoms with Crippen molar-refractivity contribution >= 4 is 35.0 Å². The summed E-state index contributed by atoms with van der Waals surface area (Å²) < 4.78 is 0. The van der Waals surface area contributed by atoms with E-state index in [0.29, 0.717) is 12.5 Å². The number of hydrogen-bond donors (Lipinski definition) is 1. The van der Waals surface area contributed by atoms with Crippen LogP contribution in [0.4, 0.5) is 11.4 Å². The maximum absolute atomic E-state index is 13.0. The molecule has 0 saturated carbocycles. The lowest BCUT2D eigenvalue weighted by atomic mass is 10.1. The van der Waals surface area contributed by atoms with E-state index in [1.54, 1.807) is 11.1 Å². The number of fused-ring (bicyclic) bond motifs is 1. The molecular weight excluding hydrogens is 346 g/mol. The molecule has 5 nitrogen and oxygen atoms in total. The lowest BCUT2D eigenvalue weighted by Crippen LogP contribution is -2.44. The first kappa shape index (κ1) is 18.5. The quantitative estimate of drug-likeness (QED) is 0.869. The van der Waals surface area contributed by atoms with Gasteiger partial charge < -0.3 is 10.2 Å². The van der Waals surface area contributed by atoms with E-state index in [1.165, 1.54) is 11.8 Å². The van der Waals surface area contributed by atoms with E-state index in [-0.39, 0.29) is 18.2 Å². The van der Waals surface area contributed by atoms with Gasteiger partial charge in [0, 0.05) is 24.8 Å².